The molecular weight excluding hydrogens is 218 g/mol. The van der Waals surface area contributed by atoms with E-state index in [0.29, 0.717) is 6.04 Å². The van der Waals surface area contributed by atoms with E-state index in [1.807, 2.05) is 23.8 Å². The predicted octanol–water partition coefficient (Wildman–Crippen LogP) is 2.43. The van der Waals surface area contributed by atoms with Crippen molar-refractivity contribution in [2.75, 3.05) is 6.54 Å². The maximum atomic E-state index is 4.25. The van der Waals surface area contributed by atoms with Gasteiger partial charge in [0.05, 0.1) is 5.01 Å². The fourth-order valence-electron chi connectivity index (χ4n) is 1.52. The number of thiazole rings is 1. The quantitative estimate of drug-likeness (QED) is 0.862. The minimum Gasteiger partial charge on any atom is -0.310 e. The second-order valence-corrected chi connectivity index (χ2v) is 4.62. The van der Waals surface area contributed by atoms with Gasteiger partial charge in [-0.25, -0.2) is 4.98 Å². The van der Waals surface area contributed by atoms with Gasteiger partial charge in [0.25, 0.3) is 0 Å². The van der Waals surface area contributed by atoms with E-state index in [1.54, 1.807) is 17.5 Å². The van der Waals surface area contributed by atoms with E-state index in [4.69, 9.17) is 0 Å². The van der Waals surface area contributed by atoms with Crippen LogP contribution in [0.2, 0.25) is 0 Å². The van der Waals surface area contributed by atoms with Crippen molar-refractivity contribution in [2.24, 2.45) is 0 Å². The lowest BCUT2D eigenvalue weighted by Gasteiger charge is -2.12. The van der Waals surface area contributed by atoms with E-state index in [9.17, 15) is 0 Å². The third-order valence-electron chi connectivity index (χ3n) is 2.46. The monoisotopic (exact) mass is 233 g/mol. The Balaban J connectivity index is 1.78. The van der Waals surface area contributed by atoms with Gasteiger partial charge in [0.1, 0.15) is 0 Å². The van der Waals surface area contributed by atoms with Gasteiger partial charge in [-0.15, -0.1) is 11.3 Å². The lowest BCUT2D eigenvalue weighted by atomic mass is 10.1. The first-order valence-electron chi connectivity index (χ1n) is 5.38. The summed E-state index contributed by atoms with van der Waals surface area (Å²) < 4.78 is 0. The van der Waals surface area contributed by atoms with Crippen LogP contribution in [0.4, 0.5) is 0 Å². The van der Waals surface area contributed by atoms with Gasteiger partial charge in [0.15, 0.2) is 0 Å². The van der Waals surface area contributed by atoms with E-state index in [-0.39, 0.29) is 0 Å². The van der Waals surface area contributed by atoms with Crippen LogP contribution >= 0.6 is 11.3 Å². The molecule has 2 heterocycles. The van der Waals surface area contributed by atoms with Crippen LogP contribution in [-0.2, 0) is 6.42 Å². The Labute approximate surface area is 99.6 Å². The van der Waals surface area contributed by atoms with Crippen LogP contribution in [0.25, 0.3) is 0 Å². The lowest BCUT2D eigenvalue weighted by Crippen LogP contribution is -2.21. The zero-order chi connectivity index (χ0) is 11.2. The number of nitrogens with one attached hydrogen (secondary N) is 1. The average Bonchev–Trinajstić information content (AvgIpc) is 2.83. The van der Waals surface area contributed by atoms with Gasteiger partial charge in [-0.3, -0.25) is 4.98 Å². The fourth-order valence-corrected chi connectivity index (χ4v) is 2.14. The van der Waals surface area contributed by atoms with E-state index < -0.39 is 0 Å². The highest BCUT2D eigenvalue weighted by atomic mass is 32.1. The van der Waals surface area contributed by atoms with Crippen molar-refractivity contribution in [3.05, 3.63) is 46.7 Å². The Kier molecular flexibility index (Phi) is 4.02. The smallest absolute Gasteiger partial charge is 0.0937 e. The first kappa shape index (κ1) is 11.2. The molecule has 84 valence electrons. The first-order valence-corrected chi connectivity index (χ1v) is 6.26. The third-order valence-corrected chi connectivity index (χ3v) is 3.30. The minimum atomic E-state index is 0.341. The topological polar surface area (TPSA) is 37.8 Å². The molecular formula is C12H15N3S. The molecule has 2 aromatic heterocycles. The van der Waals surface area contributed by atoms with Gasteiger partial charge < -0.3 is 5.32 Å². The fraction of sp³-hybridized carbons (Fsp3) is 0.333. The van der Waals surface area contributed by atoms with Gasteiger partial charge in [0, 0.05) is 43.0 Å². The van der Waals surface area contributed by atoms with Crippen LogP contribution < -0.4 is 5.32 Å². The van der Waals surface area contributed by atoms with Crippen molar-refractivity contribution in [2.45, 2.75) is 19.4 Å². The van der Waals surface area contributed by atoms with Crippen molar-refractivity contribution in [1.82, 2.24) is 15.3 Å². The molecule has 0 radical (unpaired) electrons. The Morgan fingerprint density at radius 2 is 2.38 bits per heavy atom. The van der Waals surface area contributed by atoms with Crippen LogP contribution in [0.5, 0.6) is 0 Å². The van der Waals surface area contributed by atoms with Gasteiger partial charge in [0.2, 0.25) is 0 Å². The summed E-state index contributed by atoms with van der Waals surface area (Å²) in [4.78, 5) is 8.37. The maximum absolute atomic E-state index is 4.25. The Morgan fingerprint density at radius 3 is 3.06 bits per heavy atom. The minimum absolute atomic E-state index is 0.341. The molecule has 2 rings (SSSR count). The molecule has 0 aromatic carbocycles. The van der Waals surface area contributed by atoms with Crippen molar-refractivity contribution in [3.8, 4) is 0 Å². The second-order valence-electron chi connectivity index (χ2n) is 3.64. The lowest BCUT2D eigenvalue weighted by molar-refractivity contribution is 0.574. The van der Waals surface area contributed by atoms with E-state index >= 15 is 0 Å². The van der Waals surface area contributed by atoms with Crippen molar-refractivity contribution in [1.29, 1.82) is 0 Å². The number of pyridine rings is 1. The summed E-state index contributed by atoms with van der Waals surface area (Å²) in [5.74, 6) is 0. The van der Waals surface area contributed by atoms with Crippen LogP contribution in [0, 0.1) is 0 Å². The average molecular weight is 233 g/mol. The standard InChI is InChI=1S/C12H15N3S/c1-10(11-3-2-5-13-9-11)14-6-4-12-15-7-8-16-12/h2-3,5,7-10,14H,4,6H2,1H3. The van der Waals surface area contributed by atoms with Gasteiger partial charge in [-0.2, -0.15) is 0 Å². The SMILES string of the molecule is CC(NCCc1nccs1)c1cccnc1. The molecule has 3 nitrogen and oxygen atoms in total. The first-order chi connectivity index (χ1) is 7.86. The predicted molar refractivity (Wildman–Crippen MR) is 66.5 cm³/mol. The maximum Gasteiger partial charge on any atom is 0.0937 e. The highest BCUT2D eigenvalue weighted by Crippen LogP contribution is 2.10. The number of hydrogen-bond acceptors (Lipinski definition) is 4. The molecule has 0 bridgehead atoms. The molecule has 0 saturated heterocycles. The van der Waals surface area contributed by atoms with Crippen LogP contribution in [0.15, 0.2) is 36.1 Å². The molecule has 2 aromatic rings. The molecule has 0 saturated carbocycles. The van der Waals surface area contributed by atoms with Crippen LogP contribution in [0.1, 0.15) is 23.5 Å². The highest BCUT2D eigenvalue weighted by Gasteiger charge is 2.04. The van der Waals surface area contributed by atoms with Crippen molar-refractivity contribution < 1.29 is 0 Å². The van der Waals surface area contributed by atoms with Crippen LogP contribution in [0.3, 0.4) is 0 Å². The number of nitrogens with zero attached hydrogens (tertiary/aromatic N) is 2. The molecule has 16 heavy (non-hydrogen) atoms. The Morgan fingerprint density at radius 1 is 1.44 bits per heavy atom. The van der Waals surface area contributed by atoms with Gasteiger partial charge >= 0.3 is 0 Å². The molecule has 1 N–H and O–H groups in total. The molecule has 0 spiro atoms. The zero-order valence-corrected chi connectivity index (χ0v) is 10.1. The summed E-state index contributed by atoms with van der Waals surface area (Å²) in [6.45, 7) is 3.10. The molecule has 0 aliphatic heterocycles. The summed E-state index contributed by atoms with van der Waals surface area (Å²) in [6, 6.07) is 4.40. The van der Waals surface area contributed by atoms with E-state index in [2.05, 4.69) is 28.3 Å². The molecule has 0 aliphatic rings. The van der Waals surface area contributed by atoms with Crippen molar-refractivity contribution in [3.63, 3.8) is 0 Å². The second kappa shape index (κ2) is 5.72. The molecule has 1 atom stereocenters. The number of hydrogen-bond donors (Lipinski definition) is 1. The number of aromatic nitrogens is 2. The molecule has 0 aliphatic carbocycles. The van der Waals surface area contributed by atoms with Gasteiger partial charge in [-0.05, 0) is 18.6 Å². The van der Waals surface area contributed by atoms with Gasteiger partial charge in [-0.1, -0.05) is 6.07 Å². The Bertz CT molecular complexity index is 399. The summed E-state index contributed by atoms with van der Waals surface area (Å²) in [6.07, 6.45) is 6.54. The summed E-state index contributed by atoms with van der Waals surface area (Å²) in [5, 5.41) is 6.66. The molecule has 1 unspecified atom stereocenters. The summed E-state index contributed by atoms with van der Waals surface area (Å²) in [5.41, 5.74) is 1.22. The third kappa shape index (κ3) is 3.12. The summed E-state index contributed by atoms with van der Waals surface area (Å²) >= 11 is 1.71. The number of rotatable bonds is 5. The summed E-state index contributed by atoms with van der Waals surface area (Å²) in [7, 11) is 0. The molecule has 4 heteroatoms. The largest absolute Gasteiger partial charge is 0.310 e. The normalized spacial score (nSPS) is 12.6. The van der Waals surface area contributed by atoms with E-state index in [0.717, 1.165) is 13.0 Å². The van der Waals surface area contributed by atoms with E-state index in [1.165, 1.54) is 10.6 Å². The zero-order valence-electron chi connectivity index (χ0n) is 9.26. The molecule has 0 amide bonds. The Hall–Kier alpha value is -1.26. The molecule has 0 fully saturated rings. The van der Waals surface area contributed by atoms with Crippen LogP contribution in [-0.4, -0.2) is 16.5 Å². The van der Waals surface area contributed by atoms with Crippen molar-refractivity contribution >= 4 is 11.3 Å². The highest BCUT2D eigenvalue weighted by molar-refractivity contribution is 7.09.